The second kappa shape index (κ2) is 6.26. The van der Waals surface area contributed by atoms with Crippen molar-refractivity contribution in [2.24, 2.45) is 0 Å². The average Bonchev–Trinajstić information content (AvgIpc) is 2.85. The van der Waals surface area contributed by atoms with Crippen molar-refractivity contribution < 1.29 is 4.42 Å². The van der Waals surface area contributed by atoms with Gasteiger partial charge in [0.15, 0.2) is 0 Å². The first-order valence-corrected chi connectivity index (χ1v) is 6.20. The van der Waals surface area contributed by atoms with Crippen LogP contribution in [0.5, 0.6) is 0 Å². The zero-order valence-corrected chi connectivity index (χ0v) is 10.6. The molecule has 2 aromatic heterocycles. The summed E-state index contributed by atoms with van der Waals surface area (Å²) in [6, 6.07) is 8.65. The molecule has 18 heavy (non-hydrogen) atoms. The van der Waals surface area contributed by atoms with Gasteiger partial charge < -0.3 is 4.42 Å². The van der Waals surface area contributed by atoms with Crippen LogP contribution in [0.25, 0.3) is 6.08 Å². The zero-order valence-electron chi connectivity index (χ0n) is 9.88. The summed E-state index contributed by atoms with van der Waals surface area (Å²) in [4.78, 5) is 11.5. The van der Waals surface area contributed by atoms with Gasteiger partial charge in [0.25, 0.3) is 5.56 Å². The lowest BCUT2D eigenvalue weighted by molar-refractivity contribution is 0.556. The Labute approximate surface area is 110 Å². The summed E-state index contributed by atoms with van der Waals surface area (Å²) in [5.41, 5.74) is -0.0579. The number of hydrogen-bond acceptors (Lipinski definition) is 2. The smallest absolute Gasteiger partial charge is 0.251 e. The highest BCUT2D eigenvalue weighted by molar-refractivity contribution is 6.29. The van der Waals surface area contributed by atoms with Crippen molar-refractivity contribution in [2.75, 3.05) is 0 Å². The van der Waals surface area contributed by atoms with Crippen molar-refractivity contribution in [3.8, 4) is 0 Å². The summed E-state index contributed by atoms with van der Waals surface area (Å²) < 4.78 is 6.75. The number of pyridine rings is 1. The maximum absolute atomic E-state index is 11.5. The third-order valence-corrected chi connectivity index (χ3v) is 2.90. The third-order valence-electron chi connectivity index (χ3n) is 2.57. The Morgan fingerprint density at radius 1 is 1.28 bits per heavy atom. The van der Waals surface area contributed by atoms with Crippen molar-refractivity contribution in [3.05, 3.63) is 63.9 Å². The molecule has 0 fully saturated rings. The van der Waals surface area contributed by atoms with E-state index in [1.165, 1.54) is 6.07 Å². The van der Waals surface area contributed by atoms with E-state index >= 15 is 0 Å². The first kappa shape index (κ1) is 12.7. The molecule has 0 aliphatic heterocycles. The average molecular weight is 264 g/mol. The van der Waals surface area contributed by atoms with Gasteiger partial charge in [0.2, 0.25) is 0 Å². The number of nitrogens with zero attached hydrogens (tertiary/aromatic N) is 1. The maximum Gasteiger partial charge on any atom is 0.251 e. The molecule has 0 saturated carbocycles. The minimum absolute atomic E-state index is 0.0579. The fraction of sp³-hybridized carbons (Fsp3) is 0.214. The lowest BCUT2D eigenvalue weighted by atomic mass is 10.2. The van der Waals surface area contributed by atoms with Gasteiger partial charge in [-0.05, 0) is 37.1 Å². The molecule has 0 spiro atoms. The standard InChI is InChI=1S/C14H14ClNO2/c15-13-8-4-9-14(17)16(13)10-3-1-2-6-12-7-5-11-18-12/h2,4-9,11H,1,3,10H2/b6-2+. The van der Waals surface area contributed by atoms with Crippen LogP contribution in [0.4, 0.5) is 0 Å². The highest BCUT2D eigenvalue weighted by Gasteiger charge is 1.99. The van der Waals surface area contributed by atoms with E-state index in [4.69, 9.17) is 16.0 Å². The van der Waals surface area contributed by atoms with E-state index in [1.54, 1.807) is 23.0 Å². The highest BCUT2D eigenvalue weighted by atomic mass is 35.5. The number of rotatable bonds is 5. The summed E-state index contributed by atoms with van der Waals surface area (Å²) in [6.07, 6.45) is 7.33. The van der Waals surface area contributed by atoms with Gasteiger partial charge in [-0.15, -0.1) is 0 Å². The molecule has 0 atom stereocenters. The molecular weight excluding hydrogens is 250 g/mol. The number of halogens is 1. The Hall–Kier alpha value is -1.74. The molecule has 0 aliphatic carbocycles. The molecule has 2 aromatic rings. The highest BCUT2D eigenvalue weighted by Crippen LogP contribution is 2.07. The molecule has 0 radical (unpaired) electrons. The van der Waals surface area contributed by atoms with E-state index in [1.807, 2.05) is 24.3 Å². The third kappa shape index (κ3) is 3.37. The summed E-state index contributed by atoms with van der Waals surface area (Å²) in [5.74, 6) is 0.838. The Balaban J connectivity index is 1.84. The normalized spacial score (nSPS) is 11.2. The molecule has 2 heterocycles. The molecule has 0 amide bonds. The fourth-order valence-electron chi connectivity index (χ4n) is 1.66. The molecule has 0 aliphatic rings. The number of hydrogen-bond donors (Lipinski definition) is 0. The van der Waals surface area contributed by atoms with Crippen LogP contribution < -0.4 is 5.56 Å². The minimum atomic E-state index is -0.0579. The topological polar surface area (TPSA) is 35.1 Å². The number of unbranched alkanes of at least 4 members (excludes halogenated alkanes) is 1. The van der Waals surface area contributed by atoms with Crippen molar-refractivity contribution in [2.45, 2.75) is 19.4 Å². The summed E-state index contributed by atoms with van der Waals surface area (Å²) >= 11 is 5.95. The monoisotopic (exact) mass is 263 g/mol. The summed E-state index contributed by atoms with van der Waals surface area (Å²) in [7, 11) is 0. The van der Waals surface area contributed by atoms with Gasteiger partial charge in [-0.25, -0.2) is 0 Å². The van der Waals surface area contributed by atoms with E-state index in [0.29, 0.717) is 11.7 Å². The van der Waals surface area contributed by atoms with Crippen molar-refractivity contribution >= 4 is 17.7 Å². The van der Waals surface area contributed by atoms with Crippen LogP contribution in [0.2, 0.25) is 5.15 Å². The van der Waals surface area contributed by atoms with Crippen molar-refractivity contribution in [1.29, 1.82) is 0 Å². The van der Waals surface area contributed by atoms with E-state index in [9.17, 15) is 4.79 Å². The van der Waals surface area contributed by atoms with Gasteiger partial charge >= 0.3 is 0 Å². The Morgan fingerprint density at radius 2 is 2.17 bits per heavy atom. The van der Waals surface area contributed by atoms with Crippen molar-refractivity contribution in [1.82, 2.24) is 4.57 Å². The number of allylic oxidation sites excluding steroid dienone is 1. The molecule has 0 N–H and O–H groups in total. The lowest BCUT2D eigenvalue weighted by Gasteiger charge is -2.05. The van der Waals surface area contributed by atoms with Gasteiger partial charge in [0.05, 0.1) is 6.26 Å². The predicted octanol–water partition coefficient (Wildman–Crippen LogP) is 3.59. The van der Waals surface area contributed by atoms with Crippen LogP contribution in [0.15, 0.2) is 51.9 Å². The Morgan fingerprint density at radius 3 is 2.89 bits per heavy atom. The van der Waals surface area contributed by atoms with Crippen LogP contribution in [0.1, 0.15) is 18.6 Å². The molecule has 4 heteroatoms. The van der Waals surface area contributed by atoms with Gasteiger partial charge in [0.1, 0.15) is 10.9 Å². The molecular formula is C14H14ClNO2. The Bertz CT molecular complexity index is 570. The number of furan rings is 1. The second-order valence-corrected chi connectivity index (χ2v) is 4.29. The van der Waals surface area contributed by atoms with Crippen LogP contribution >= 0.6 is 11.6 Å². The van der Waals surface area contributed by atoms with Gasteiger partial charge in [-0.2, -0.15) is 0 Å². The lowest BCUT2D eigenvalue weighted by Crippen LogP contribution is -2.19. The maximum atomic E-state index is 11.5. The molecule has 2 rings (SSSR count). The van der Waals surface area contributed by atoms with E-state index < -0.39 is 0 Å². The quantitative estimate of drug-likeness (QED) is 0.610. The van der Waals surface area contributed by atoms with E-state index in [2.05, 4.69) is 0 Å². The van der Waals surface area contributed by atoms with Crippen LogP contribution in [0, 0.1) is 0 Å². The Kier molecular flexibility index (Phi) is 4.42. The number of aromatic nitrogens is 1. The zero-order chi connectivity index (χ0) is 12.8. The van der Waals surface area contributed by atoms with Crippen LogP contribution in [-0.4, -0.2) is 4.57 Å². The van der Waals surface area contributed by atoms with E-state index in [-0.39, 0.29) is 5.56 Å². The van der Waals surface area contributed by atoms with Gasteiger partial charge in [-0.1, -0.05) is 23.7 Å². The summed E-state index contributed by atoms with van der Waals surface area (Å²) in [5, 5.41) is 0.484. The molecule has 0 bridgehead atoms. The SMILES string of the molecule is O=c1cccc(Cl)n1CCC/C=C/c1ccco1. The molecule has 0 unspecified atom stereocenters. The molecule has 0 saturated heterocycles. The predicted molar refractivity (Wildman–Crippen MR) is 72.7 cm³/mol. The molecule has 0 aromatic carbocycles. The van der Waals surface area contributed by atoms with Crippen LogP contribution in [0.3, 0.4) is 0 Å². The van der Waals surface area contributed by atoms with Gasteiger partial charge in [-0.3, -0.25) is 9.36 Å². The fourth-order valence-corrected chi connectivity index (χ4v) is 1.91. The largest absolute Gasteiger partial charge is 0.465 e. The molecule has 3 nitrogen and oxygen atoms in total. The molecule has 94 valence electrons. The minimum Gasteiger partial charge on any atom is -0.465 e. The van der Waals surface area contributed by atoms with Crippen molar-refractivity contribution in [3.63, 3.8) is 0 Å². The first-order valence-electron chi connectivity index (χ1n) is 5.83. The second-order valence-electron chi connectivity index (χ2n) is 3.90. The van der Waals surface area contributed by atoms with Crippen LogP contribution in [-0.2, 0) is 6.54 Å². The summed E-state index contributed by atoms with van der Waals surface area (Å²) in [6.45, 7) is 0.626. The van der Waals surface area contributed by atoms with E-state index in [0.717, 1.165) is 18.6 Å². The first-order chi connectivity index (χ1) is 8.77. The van der Waals surface area contributed by atoms with Gasteiger partial charge in [0, 0.05) is 12.6 Å².